The molecule has 0 atom stereocenters. The van der Waals surface area contributed by atoms with E-state index >= 15 is 0 Å². The molecule has 0 aliphatic rings. The monoisotopic (exact) mass is 411 g/mol. The smallest absolute Gasteiger partial charge is 0.281 e. The van der Waals surface area contributed by atoms with Gasteiger partial charge in [-0.25, -0.2) is 9.66 Å². The number of ether oxygens (including phenoxy) is 1. The molecule has 0 unspecified atom stereocenters. The molecule has 0 radical (unpaired) electrons. The predicted molar refractivity (Wildman–Crippen MR) is 113 cm³/mol. The van der Waals surface area contributed by atoms with E-state index in [2.05, 4.69) is 10.4 Å². The third-order valence-corrected chi connectivity index (χ3v) is 5.78. The van der Waals surface area contributed by atoms with E-state index in [1.807, 2.05) is 36.7 Å². The molecular formula is C20H17N3O3S2. The molecule has 142 valence electrons. The molecule has 0 fully saturated rings. The van der Waals surface area contributed by atoms with Crippen LogP contribution in [-0.4, -0.2) is 21.7 Å². The molecule has 0 saturated carbocycles. The van der Waals surface area contributed by atoms with Crippen LogP contribution < -0.4 is 15.7 Å². The lowest BCUT2D eigenvalue weighted by Gasteiger charge is -2.11. The first kappa shape index (κ1) is 18.4. The van der Waals surface area contributed by atoms with Gasteiger partial charge >= 0.3 is 0 Å². The van der Waals surface area contributed by atoms with Gasteiger partial charge in [-0.15, -0.1) is 22.7 Å². The van der Waals surface area contributed by atoms with Gasteiger partial charge in [0.1, 0.15) is 16.9 Å². The molecule has 6 nitrogen and oxygen atoms in total. The Kier molecular flexibility index (Phi) is 4.97. The van der Waals surface area contributed by atoms with Gasteiger partial charge in [0, 0.05) is 21.4 Å². The average Bonchev–Trinajstić information content (AvgIpc) is 3.33. The molecule has 4 aromatic rings. The molecule has 28 heavy (non-hydrogen) atoms. The third kappa shape index (κ3) is 3.56. The summed E-state index contributed by atoms with van der Waals surface area (Å²) in [5.41, 5.74) is 3.57. The second kappa shape index (κ2) is 7.57. The lowest BCUT2D eigenvalue weighted by molar-refractivity contribution is 0.101. The summed E-state index contributed by atoms with van der Waals surface area (Å²) in [7, 11) is 0. The number of carbonyl (C=O) groups is 1. The van der Waals surface area contributed by atoms with Crippen molar-refractivity contribution < 1.29 is 9.53 Å². The van der Waals surface area contributed by atoms with Crippen molar-refractivity contribution in [2.24, 2.45) is 0 Å². The Morgan fingerprint density at radius 2 is 1.96 bits per heavy atom. The largest absolute Gasteiger partial charge is 0.491 e. The molecule has 8 heteroatoms. The maximum atomic E-state index is 12.9. The zero-order valence-corrected chi connectivity index (χ0v) is 16.8. The van der Waals surface area contributed by atoms with Crippen LogP contribution in [0.5, 0.6) is 5.75 Å². The summed E-state index contributed by atoms with van der Waals surface area (Å²) < 4.78 is 6.71. The minimum atomic E-state index is -0.396. The quantitative estimate of drug-likeness (QED) is 0.530. The van der Waals surface area contributed by atoms with Crippen molar-refractivity contribution in [2.75, 3.05) is 5.43 Å². The average molecular weight is 412 g/mol. The van der Waals surface area contributed by atoms with E-state index in [4.69, 9.17) is 4.74 Å². The second-order valence-corrected chi connectivity index (χ2v) is 8.16. The highest BCUT2D eigenvalue weighted by Gasteiger charge is 2.15. The summed E-state index contributed by atoms with van der Waals surface area (Å²) in [5.74, 6) is 0.290. The lowest BCUT2D eigenvalue weighted by atomic mass is 10.2. The molecule has 3 heterocycles. The minimum Gasteiger partial charge on any atom is -0.491 e. The molecule has 0 aliphatic carbocycles. The normalized spacial score (nSPS) is 11.1. The first-order valence-electron chi connectivity index (χ1n) is 8.64. The van der Waals surface area contributed by atoms with Crippen molar-refractivity contribution in [2.45, 2.75) is 20.0 Å². The summed E-state index contributed by atoms with van der Waals surface area (Å²) in [5, 5.41) is 4.39. The van der Waals surface area contributed by atoms with Crippen LogP contribution in [0.3, 0.4) is 0 Å². The van der Waals surface area contributed by atoms with Crippen LogP contribution in [0.25, 0.3) is 20.7 Å². The van der Waals surface area contributed by atoms with E-state index in [0.717, 1.165) is 15.1 Å². The van der Waals surface area contributed by atoms with Crippen molar-refractivity contribution in [3.05, 3.63) is 69.4 Å². The van der Waals surface area contributed by atoms with Gasteiger partial charge in [0.05, 0.1) is 11.5 Å². The highest BCUT2D eigenvalue weighted by molar-refractivity contribution is 7.18. The van der Waals surface area contributed by atoms with Gasteiger partial charge in [0.25, 0.3) is 11.5 Å². The maximum absolute atomic E-state index is 12.9. The van der Waals surface area contributed by atoms with Crippen molar-refractivity contribution in [1.29, 1.82) is 0 Å². The number of hydrogen-bond donors (Lipinski definition) is 1. The number of rotatable bonds is 5. The number of benzene rings is 1. The molecule has 0 bridgehead atoms. The van der Waals surface area contributed by atoms with Gasteiger partial charge in [-0.1, -0.05) is 6.07 Å². The Bertz CT molecular complexity index is 1180. The highest BCUT2D eigenvalue weighted by Crippen LogP contribution is 2.33. The van der Waals surface area contributed by atoms with Gasteiger partial charge in [0.2, 0.25) is 0 Å². The molecule has 3 aromatic heterocycles. The van der Waals surface area contributed by atoms with E-state index < -0.39 is 5.91 Å². The Morgan fingerprint density at radius 1 is 1.18 bits per heavy atom. The summed E-state index contributed by atoms with van der Waals surface area (Å²) in [4.78, 5) is 31.5. The van der Waals surface area contributed by atoms with E-state index in [9.17, 15) is 9.59 Å². The van der Waals surface area contributed by atoms with Crippen molar-refractivity contribution in [1.82, 2.24) is 9.66 Å². The number of nitrogens with zero attached hydrogens (tertiary/aromatic N) is 2. The Hall–Kier alpha value is -2.97. The summed E-state index contributed by atoms with van der Waals surface area (Å²) in [6.45, 7) is 3.87. The van der Waals surface area contributed by atoms with Crippen LogP contribution in [0.15, 0.2) is 58.3 Å². The standard InChI is InChI=1S/C20H17N3O3S2/c1-12(2)26-14-7-5-13(6-8-14)18(24)22-23-11-21-19-17(20(23)25)15(10-28-19)16-4-3-9-27-16/h3-12H,1-2H3,(H,22,24). The highest BCUT2D eigenvalue weighted by atomic mass is 32.1. The molecule has 1 N–H and O–H groups in total. The van der Waals surface area contributed by atoms with Crippen LogP contribution in [0.1, 0.15) is 24.2 Å². The zero-order valence-electron chi connectivity index (χ0n) is 15.2. The molecule has 1 amide bonds. The molecule has 1 aromatic carbocycles. The first-order valence-corrected chi connectivity index (χ1v) is 10.4. The van der Waals surface area contributed by atoms with Crippen molar-refractivity contribution in [3.63, 3.8) is 0 Å². The van der Waals surface area contributed by atoms with Crippen LogP contribution in [0.2, 0.25) is 0 Å². The topological polar surface area (TPSA) is 73.2 Å². The number of fused-ring (bicyclic) bond motifs is 1. The molecule has 0 spiro atoms. The van der Waals surface area contributed by atoms with Crippen LogP contribution in [-0.2, 0) is 0 Å². The van der Waals surface area contributed by atoms with Crippen molar-refractivity contribution >= 4 is 38.8 Å². The number of aromatic nitrogens is 2. The fraction of sp³-hybridized carbons (Fsp3) is 0.150. The Labute approximate surface area is 169 Å². The number of amides is 1. The Balaban J connectivity index is 1.63. The number of thiophene rings is 2. The van der Waals surface area contributed by atoms with Gasteiger partial charge in [0.15, 0.2) is 0 Å². The molecule has 0 aliphatic heterocycles. The maximum Gasteiger partial charge on any atom is 0.281 e. The van der Waals surface area contributed by atoms with E-state index in [-0.39, 0.29) is 11.7 Å². The van der Waals surface area contributed by atoms with Gasteiger partial charge < -0.3 is 4.74 Å². The third-order valence-electron chi connectivity index (χ3n) is 3.99. The van der Waals surface area contributed by atoms with E-state index in [1.54, 1.807) is 35.6 Å². The van der Waals surface area contributed by atoms with Gasteiger partial charge in [-0.3, -0.25) is 15.0 Å². The molecule has 0 saturated heterocycles. The SMILES string of the molecule is CC(C)Oc1ccc(C(=O)Nn2cnc3scc(-c4cccs4)c3c2=O)cc1. The number of carbonyl (C=O) groups excluding carboxylic acids is 1. The first-order chi connectivity index (χ1) is 13.5. The number of nitrogens with one attached hydrogen (secondary N) is 1. The Morgan fingerprint density at radius 3 is 2.64 bits per heavy atom. The summed E-state index contributed by atoms with van der Waals surface area (Å²) in [6.07, 6.45) is 1.40. The zero-order chi connectivity index (χ0) is 19.7. The summed E-state index contributed by atoms with van der Waals surface area (Å²) in [6, 6.07) is 10.7. The fourth-order valence-corrected chi connectivity index (χ4v) is 4.48. The summed E-state index contributed by atoms with van der Waals surface area (Å²) >= 11 is 2.97. The predicted octanol–water partition coefficient (Wildman–Crippen LogP) is 4.36. The minimum absolute atomic E-state index is 0.0548. The van der Waals surface area contributed by atoms with Crippen LogP contribution in [0, 0.1) is 0 Å². The van der Waals surface area contributed by atoms with Crippen molar-refractivity contribution in [3.8, 4) is 16.2 Å². The second-order valence-electron chi connectivity index (χ2n) is 6.36. The molecular weight excluding hydrogens is 394 g/mol. The fourth-order valence-electron chi connectivity index (χ4n) is 2.76. The van der Waals surface area contributed by atoms with E-state index in [1.165, 1.54) is 17.7 Å². The molecule has 4 rings (SSSR count). The van der Waals surface area contributed by atoms with Gasteiger partial charge in [-0.2, -0.15) is 0 Å². The van der Waals surface area contributed by atoms with Gasteiger partial charge in [-0.05, 0) is 49.6 Å². The van der Waals surface area contributed by atoms with E-state index in [0.29, 0.717) is 21.5 Å². The number of hydrogen-bond acceptors (Lipinski definition) is 6. The van der Waals surface area contributed by atoms with Crippen LogP contribution >= 0.6 is 22.7 Å². The van der Waals surface area contributed by atoms with Crippen LogP contribution in [0.4, 0.5) is 0 Å². The lowest BCUT2D eigenvalue weighted by Crippen LogP contribution is -2.33.